The van der Waals surface area contributed by atoms with Crippen LogP contribution < -0.4 is 24.6 Å². The largest absolute Gasteiger partial charge is 0.497 e. The molecule has 0 radical (unpaired) electrons. The Bertz CT molecular complexity index is 905. The molecule has 7 nitrogen and oxygen atoms in total. The van der Waals surface area contributed by atoms with Gasteiger partial charge in [-0.15, -0.1) is 0 Å². The van der Waals surface area contributed by atoms with Crippen LogP contribution in [0.3, 0.4) is 0 Å². The summed E-state index contributed by atoms with van der Waals surface area (Å²) < 4.78 is 10.4. The number of methoxy groups -OCH3 is 2. The van der Waals surface area contributed by atoms with Crippen LogP contribution in [-0.4, -0.2) is 51.7 Å². The third-order valence-corrected chi connectivity index (χ3v) is 6.16. The maximum Gasteiger partial charge on any atom is 0.227 e. The normalized spacial score (nSPS) is 19.4. The number of piperidine rings is 1. The van der Waals surface area contributed by atoms with Gasteiger partial charge in [-0.05, 0) is 61.4 Å². The molecular weight excluding hydrogens is 394 g/mol. The topological polar surface area (TPSA) is 71.1 Å². The number of anilines is 2. The standard InChI is InChI=1S/C24H29N3O4/c1-30-21-7-3-19(4-8-21)26-13-11-18(12-14-26)25-24(29)17-15-23(28)27(16-17)20-5-9-22(31-2)10-6-20/h3-10,17-18H,11-16H2,1-2H3,(H,25,29). The molecular formula is C24H29N3O4. The van der Waals surface area contributed by atoms with Gasteiger partial charge in [-0.2, -0.15) is 0 Å². The van der Waals surface area contributed by atoms with Crippen molar-refractivity contribution in [1.29, 1.82) is 0 Å². The Balaban J connectivity index is 1.28. The Kier molecular flexibility index (Phi) is 6.30. The van der Waals surface area contributed by atoms with E-state index in [1.54, 1.807) is 19.1 Å². The highest BCUT2D eigenvalue weighted by Crippen LogP contribution is 2.28. The zero-order valence-corrected chi connectivity index (χ0v) is 18.0. The molecule has 2 heterocycles. The fourth-order valence-corrected chi connectivity index (χ4v) is 4.29. The van der Waals surface area contributed by atoms with E-state index in [4.69, 9.17) is 9.47 Å². The zero-order chi connectivity index (χ0) is 21.8. The molecule has 0 aromatic heterocycles. The van der Waals surface area contributed by atoms with Gasteiger partial charge in [0.05, 0.1) is 20.1 Å². The van der Waals surface area contributed by atoms with Crippen LogP contribution in [0, 0.1) is 5.92 Å². The average molecular weight is 424 g/mol. The summed E-state index contributed by atoms with van der Waals surface area (Å²) in [6, 6.07) is 15.6. The van der Waals surface area contributed by atoms with Gasteiger partial charge >= 0.3 is 0 Å². The molecule has 1 N–H and O–H groups in total. The SMILES string of the molecule is COc1ccc(N2CCC(NC(=O)C3CC(=O)N(c4ccc(OC)cc4)C3)CC2)cc1. The number of carbonyl (C=O) groups is 2. The summed E-state index contributed by atoms with van der Waals surface area (Å²) in [4.78, 5) is 29.3. The van der Waals surface area contributed by atoms with Crippen molar-refractivity contribution in [3.8, 4) is 11.5 Å². The predicted octanol–water partition coefficient (Wildman–Crippen LogP) is 2.84. The second-order valence-corrected chi connectivity index (χ2v) is 8.07. The smallest absolute Gasteiger partial charge is 0.227 e. The lowest BCUT2D eigenvalue weighted by Crippen LogP contribution is -2.46. The minimum Gasteiger partial charge on any atom is -0.497 e. The second-order valence-electron chi connectivity index (χ2n) is 8.07. The summed E-state index contributed by atoms with van der Waals surface area (Å²) in [5, 5.41) is 3.18. The molecule has 0 spiro atoms. The van der Waals surface area contributed by atoms with Crippen molar-refractivity contribution in [1.82, 2.24) is 5.32 Å². The van der Waals surface area contributed by atoms with Gasteiger partial charge in [0.15, 0.2) is 0 Å². The highest BCUT2D eigenvalue weighted by atomic mass is 16.5. The zero-order valence-electron chi connectivity index (χ0n) is 18.0. The summed E-state index contributed by atoms with van der Waals surface area (Å²) in [6.45, 7) is 2.19. The first-order valence-electron chi connectivity index (χ1n) is 10.7. The second kappa shape index (κ2) is 9.29. The molecule has 2 aromatic rings. The molecule has 2 saturated heterocycles. The number of hydrogen-bond acceptors (Lipinski definition) is 5. The summed E-state index contributed by atoms with van der Waals surface area (Å²) in [5.41, 5.74) is 1.97. The minimum atomic E-state index is -0.311. The Hall–Kier alpha value is -3.22. The van der Waals surface area contributed by atoms with Crippen LogP contribution in [-0.2, 0) is 9.59 Å². The van der Waals surface area contributed by atoms with Crippen LogP contribution >= 0.6 is 0 Å². The molecule has 0 saturated carbocycles. The van der Waals surface area contributed by atoms with Gasteiger partial charge in [0.1, 0.15) is 11.5 Å². The number of benzene rings is 2. The molecule has 2 aromatic carbocycles. The summed E-state index contributed by atoms with van der Waals surface area (Å²) in [5.74, 6) is 1.24. The van der Waals surface area contributed by atoms with E-state index in [-0.39, 0.29) is 30.2 Å². The molecule has 2 aliphatic heterocycles. The van der Waals surface area contributed by atoms with Gasteiger partial charge < -0.3 is 24.6 Å². The molecule has 4 rings (SSSR count). The Morgan fingerprint density at radius 2 is 1.45 bits per heavy atom. The van der Waals surface area contributed by atoms with Crippen molar-refractivity contribution in [2.45, 2.75) is 25.3 Å². The number of nitrogens with one attached hydrogen (secondary N) is 1. The fraction of sp³-hybridized carbons (Fsp3) is 0.417. The summed E-state index contributed by atoms with van der Waals surface area (Å²) in [7, 11) is 3.27. The number of ether oxygens (including phenoxy) is 2. The van der Waals surface area contributed by atoms with Crippen LogP contribution in [0.1, 0.15) is 19.3 Å². The average Bonchev–Trinajstić information content (AvgIpc) is 3.21. The van der Waals surface area contributed by atoms with Crippen molar-refractivity contribution < 1.29 is 19.1 Å². The molecule has 7 heteroatoms. The lowest BCUT2D eigenvalue weighted by Gasteiger charge is -2.34. The molecule has 1 unspecified atom stereocenters. The maximum atomic E-state index is 12.8. The number of hydrogen-bond donors (Lipinski definition) is 1. The lowest BCUT2D eigenvalue weighted by atomic mass is 10.0. The Morgan fingerprint density at radius 1 is 0.903 bits per heavy atom. The number of amides is 2. The number of carbonyl (C=O) groups excluding carboxylic acids is 2. The highest BCUT2D eigenvalue weighted by Gasteiger charge is 2.36. The maximum absolute atomic E-state index is 12.8. The molecule has 164 valence electrons. The van der Waals surface area contributed by atoms with Gasteiger partial charge in [-0.1, -0.05) is 0 Å². The van der Waals surface area contributed by atoms with Gasteiger partial charge in [-0.3, -0.25) is 9.59 Å². The highest BCUT2D eigenvalue weighted by molar-refractivity contribution is 6.00. The van der Waals surface area contributed by atoms with Gasteiger partial charge in [0.25, 0.3) is 0 Å². The monoisotopic (exact) mass is 423 g/mol. The van der Waals surface area contributed by atoms with Crippen molar-refractivity contribution in [3.63, 3.8) is 0 Å². The molecule has 0 aliphatic carbocycles. The Morgan fingerprint density at radius 3 is 2.00 bits per heavy atom. The molecule has 2 aliphatic rings. The number of rotatable bonds is 6. The van der Waals surface area contributed by atoms with Crippen LogP contribution in [0.15, 0.2) is 48.5 Å². The lowest BCUT2D eigenvalue weighted by molar-refractivity contribution is -0.127. The van der Waals surface area contributed by atoms with Gasteiger partial charge in [-0.25, -0.2) is 0 Å². The van der Waals surface area contributed by atoms with Crippen molar-refractivity contribution in [2.24, 2.45) is 5.92 Å². The van der Waals surface area contributed by atoms with Gasteiger partial charge in [0.2, 0.25) is 11.8 Å². The quantitative estimate of drug-likeness (QED) is 0.774. The minimum absolute atomic E-state index is 0.0142. The van der Waals surface area contributed by atoms with Crippen LogP contribution in [0.25, 0.3) is 0 Å². The summed E-state index contributed by atoms with van der Waals surface area (Å²) >= 11 is 0. The van der Waals surface area contributed by atoms with Crippen LogP contribution in [0.2, 0.25) is 0 Å². The third-order valence-electron chi connectivity index (χ3n) is 6.16. The first-order chi connectivity index (χ1) is 15.1. The van der Waals surface area contributed by atoms with E-state index in [2.05, 4.69) is 22.3 Å². The number of nitrogens with zero attached hydrogens (tertiary/aromatic N) is 2. The van der Waals surface area contributed by atoms with E-state index in [9.17, 15) is 9.59 Å². The van der Waals surface area contributed by atoms with E-state index in [0.717, 1.165) is 43.1 Å². The molecule has 1 atom stereocenters. The molecule has 2 amide bonds. The predicted molar refractivity (Wildman–Crippen MR) is 120 cm³/mol. The van der Waals surface area contributed by atoms with E-state index in [1.165, 1.54) is 5.69 Å². The van der Waals surface area contributed by atoms with Crippen molar-refractivity contribution >= 4 is 23.2 Å². The summed E-state index contributed by atoms with van der Waals surface area (Å²) in [6.07, 6.45) is 2.03. The third kappa shape index (κ3) is 4.76. The van der Waals surface area contributed by atoms with Crippen molar-refractivity contribution in [3.05, 3.63) is 48.5 Å². The first kappa shape index (κ1) is 21.0. The molecule has 0 bridgehead atoms. The van der Waals surface area contributed by atoms with E-state index in [0.29, 0.717) is 6.54 Å². The van der Waals surface area contributed by atoms with Gasteiger partial charge in [0, 0.05) is 43.5 Å². The van der Waals surface area contributed by atoms with Crippen LogP contribution in [0.4, 0.5) is 11.4 Å². The Labute approximate surface area is 182 Å². The molecule has 2 fully saturated rings. The van der Waals surface area contributed by atoms with E-state index >= 15 is 0 Å². The van der Waals surface area contributed by atoms with E-state index in [1.807, 2.05) is 36.4 Å². The van der Waals surface area contributed by atoms with Crippen molar-refractivity contribution in [2.75, 3.05) is 43.7 Å². The van der Waals surface area contributed by atoms with Crippen LogP contribution in [0.5, 0.6) is 11.5 Å². The molecule has 31 heavy (non-hydrogen) atoms. The first-order valence-corrected chi connectivity index (χ1v) is 10.7. The van der Waals surface area contributed by atoms with E-state index < -0.39 is 0 Å². The fourth-order valence-electron chi connectivity index (χ4n) is 4.29.